The standard InChI is InChI=1S/C16H18N4O/c1-12-5-7-15(8-6-12)18-11-16(21)20-19-13(2)14-4-3-9-17-10-14/h3-10,18H,11H2,1-2H3,(H,20,21)/b19-13+. The summed E-state index contributed by atoms with van der Waals surface area (Å²) in [6, 6.07) is 11.6. The van der Waals surface area contributed by atoms with Crippen molar-refractivity contribution >= 4 is 17.3 Å². The number of rotatable bonds is 5. The zero-order chi connectivity index (χ0) is 15.1. The SMILES string of the molecule is C/C(=N\NC(=O)CNc1ccc(C)cc1)c1cccnc1. The fourth-order valence-electron chi connectivity index (χ4n) is 1.68. The predicted molar refractivity (Wildman–Crippen MR) is 84.3 cm³/mol. The number of hydrogen-bond donors (Lipinski definition) is 2. The molecule has 5 heteroatoms. The van der Waals surface area contributed by atoms with E-state index in [0.29, 0.717) is 5.71 Å². The van der Waals surface area contributed by atoms with Crippen LogP contribution in [0.15, 0.2) is 53.9 Å². The van der Waals surface area contributed by atoms with E-state index in [1.807, 2.05) is 50.2 Å². The van der Waals surface area contributed by atoms with Gasteiger partial charge in [0.05, 0.1) is 12.3 Å². The predicted octanol–water partition coefficient (Wildman–Crippen LogP) is 2.34. The smallest absolute Gasteiger partial charge is 0.259 e. The Hall–Kier alpha value is -2.69. The monoisotopic (exact) mass is 282 g/mol. The molecule has 0 atom stereocenters. The number of hydrazone groups is 1. The highest BCUT2D eigenvalue weighted by atomic mass is 16.2. The highest BCUT2D eigenvalue weighted by molar-refractivity contribution is 5.99. The van der Waals surface area contributed by atoms with Crippen molar-refractivity contribution in [1.29, 1.82) is 0 Å². The molecular weight excluding hydrogens is 264 g/mol. The number of pyridine rings is 1. The van der Waals surface area contributed by atoms with Gasteiger partial charge >= 0.3 is 0 Å². The third-order valence-electron chi connectivity index (χ3n) is 2.93. The molecule has 0 fully saturated rings. The quantitative estimate of drug-likeness (QED) is 0.653. The Balaban J connectivity index is 1.83. The average molecular weight is 282 g/mol. The van der Waals surface area contributed by atoms with E-state index in [4.69, 9.17) is 0 Å². The van der Waals surface area contributed by atoms with Crippen LogP contribution < -0.4 is 10.7 Å². The molecule has 0 spiro atoms. The topological polar surface area (TPSA) is 66.4 Å². The van der Waals surface area contributed by atoms with Gasteiger partial charge in [-0.25, -0.2) is 5.43 Å². The fourth-order valence-corrected chi connectivity index (χ4v) is 1.68. The first kappa shape index (κ1) is 14.7. The van der Waals surface area contributed by atoms with Crippen LogP contribution in [-0.2, 0) is 4.79 Å². The molecule has 0 bridgehead atoms. The molecule has 0 radical (unpaired) electrons. The number of hydrogen-bond acceptors (Lipinski definition) is 4. The summed E-state index contributed by atoms with van der Waals surface area (Å²) in [5, 5.41) is 7.10. The van der Waals surface area contributed by atoms with Gasteiger partial charge in [-0.15, -0.1) is 0 Å². The van der Waals surface area contributed by atoms with Crippen LogP contribution in [0.25, 0.3) is 0 Å². The lowest BCUT2D eigenvalue weighted by Gasteiger charge is -2.06. The third-order valence-corrected chi connectivity index (χ3v) is 2.93. The summed E-state index contributed by atoms with van der Waals surface area (Å²) in [5.41, 5.74) is 6.20. The number of aryl methyl sites for hydroxylation is 1. The molecule has 21 heavy (non-hydrogen) atoms. The molecule has 1 amide bonds. The van der Waals surface area contributed by atoms with Gasteiger partial charge in [0, 0.05) is 23.6 Å². The van der Waals surface area contributed by atoms with E-state index in [1.165, 1.54) is 5.56 Å². The lowest BCUT2D eigenvalue weighted by molar-refractivity contribution is -0.119. The van der Waals surface area contributed by atoms with Gasteiger partial charge in [-0.2, -0.15) is 5.10 Å². The molecule has 5 nitrogen and oxygen atoms in total. The maximum absolute atomic E-state index is 11.7. The van der Waals surface area contributed by atoms with Gasteiger partial charge in [0.1, 0.15) is 0 Å². The van der Waals surface area contributed by atoms with Gasteiger partial charge in [0.2, 0.25) is 0 Å². The first-order valence-corrected chi connectivity index (χ1v) is 6.69. The van der Waals surface area contributed by atoms with Crippen molar-refractivity contribution in [2.24, 2.45) is 5.10 Å². The lowest BCUT2D eigenvalue weighted by Crippen LogP contribution is -2.26. The van der Waals surface area contributed by atoms with E-state index in [2.05, 4.69) is 20.8 Å². The third kappa shape index (κ3) is 4.72. The van der Waals surface area contributed by atoms with E-state index in [9.17, 15) is 4.79 Å². The van der Waals surface area contributed by atoms with Crippen molar-refractivity contribution in [1.82, 2.24) is 10.4 Å². The van der Waals surface area contributed by atoms with E-state index < -0.39 is 0 Å². The molecule has 0 aliphatic carbocycles. The van der Waals surface area contributed by atoms with E-state index in [1.54, 1.807) is 12.4 Å². The molecule has 2 N–H and O–H groups in total. The summed E-state index contributed by atoms with van der Waals surface area (Å²) < 4.78 is 0. The van der Waals surface area contributed by atoms with Crippen molar-refractivity contribution < 1.29 is 4.79 Å². The number of amides is 1. The summed E-state index contributed by atoms with van der Waals surface area (Å²) in [5.74, 6) is -0.196. The highest BCUT2D eigenvalue weighted by Gasteiger charge is 2.01. The molecular formula is C16H18N4O. The van der Waals surface area contributed by atoms with Gasteiger partial charge in [0.15, 0.2) is 0 Å². The first-order valence-electron chi connectivity index (χ1n) is 6.69. The van der Waals surface area contributed by atoms with Gasteiger partial charge in [-0.05, 0) is 32.0 Å². The molecule has 108 valence electrons. The molecule has 0 aliphatic rings. The molecule has 2 aromatic rings. The largest absolute Gasteiger partial charge is 0.376 e. The Bertz CT molecular complexity index is 620. The number of carbonyl (C=O) groups is 1. The number of carbonyl (C=O) groups excluding carboxylic acids is 1. The minimum atomic E-state index is -0.196. The van der Waals surface area contributed by atoms with E-state index >= 15 is 0 Å². The second-order valence-electron chi connectivity index (χ2n) is 4.69. The van der Waals surface area contributed by atoms with E-state index in [0.717, 1.165) is 11.3 Å². The Labute approximate surface area is 124 Å². The van der Waals surface area contributed by atoms with Gasteiger partial charge in [0.25, 0.3) is 5.91 Å². The van der Waals surface area contributed by atoms with Crippen LogP contribution in [-0.4, -0.2) is 23.1 Å². The minimum absolute atomic E-state index is 0.173. The number of aromatic nitrogens is 1. The van der Waals surface area contributed by atoms with Crippen molar-refractivity contribution in [2.45, 2.75) is 13.8 Å². The van der Waals surface area contributed by atoms with Gasteiger partial charge in [-0.3, -0.25) is 9.78 Å². The van der Waals surface area contributed by atoms with Crippen molar-refractivity contribution in [3.05, 3.63) is 59.9 Å². The maximum atomic E-state index is 11.7. The Morgan fingerprint density at radius 1 is 1.24 bits per heavy atom. The van der Waals surface area contributed by atoms with Gasteiger partial charge in [-0.1, -0.05) is 23.8 Å². The zero-order valence-electron chi connectivity index (χ0n) is 12.1. The van der Waals surface area contributed by atoms with Crippen LogP contribution in [0.3, 0.4) is 0 Å². The Kier molecular flexibility index (Phi) is 5.04. The lowest BCUT2D eigenvalue weighted by atomic mass is 10.2. The normalized spacial score (nSPS) is 11.0. The minimum Gasteiger partial charge on any atom is -0.376 e. The molecule has 0 aliphatic heterocycles. The molecule has 0 saturated heterocycles. The maximum Gasteiger partial charge on any atom is 0.259 e. The van der Waals surface area contributed by atoms with Crippen molar-refractivity contribution in [3.63, 3.8) is 0 Å². The van der Waals surface area contributed by atoms with Crippen LogP contribution in [0.2, 0.25) is 0 Å². The van der Waals surface area contributed by atoms with Crippen molar-refractivity contribution in [3.8, 4) is 0 Å². The highest BCUT2D eigenvalue weighted by Crippen LogP contribution is 2.07. The average Bonchev–Trinajstić information content (AvgIpc) is 2.53. The summed E-state index contributed by atoms with van der Waals surface area (Å²) in [6.07, 6.45) is 3.40. The summed E-state index contributed by atoms with van der Waals surface area (Å²) >= 11 is 0. The summed E-state index contributed by atoms with van der Waals surface area (Å²) in [6.45, 7) is 4.02. The van der Waals surface area contributed by atoms with Crippen molar-refractivity contribution in [2.75, 3.05) is 11.9 Å². The van der Waals surface area contributed by atoms with Crippen LogP contribution in [0, 0.1) is 6.92 Å². The first-order chi connectivity index (χ1) is 10.1. The fraction of sp³-hybridized carbons (Fsp3) is 0.188. The molecule has 1 aromatic carbocycles. The number of benzene rings is 1. The molecule has 1 heterocycles. The number of nitrogens with zero attached hydrogens (tertiary/aromatic N) is 2. The Morgan fingerprint density at radius 3 is 2.67 bits per heavy atom. The van der Waals surface area contributed by atoms with Crippen LogP contribution in [0.4, 0.5) is 5.69 Å². The van der Waals surface area contributed by atoms with Crippen LogP contribution >= 0.6 is 0 Å². The summed E-state index contributed by atoms with van der Waals surface area (Å²) in [7, 11) is 0. The second-order valence-corrected chi connectivity index (χ2v) is 4.69. The molecule has 0 unspecified atom stereocenters. The van der Waals surface area contributed by atoms with Crippen LogP contribution in [0.1, 0.15) is 18.1 Å². The Morgan fingerprint density at radius 2 is 2.00 bits per heavy atom. The number of nitrogens with one attached hydrogen (secondary N) is 2. The van der Waals surface area contributed by atoms with Crippen LogP contribution in [0.5, 0.6) is 0 Å². The summed E-state index contributed by atoms with van der Waals surface area (Å²) in [4.78, 5) is 15.7. The molecule has 1 aromatic heterocycles. The second kappa shape index (κ2) is 7.19. The molecule has 0 saturated carbocycles. The number of anilines is 1. The molecule has 2 rings (SSSR count). The van der Waals surface area contributed by atoms with E-state index in [-0.39, 0.29) is 12.5 Å². The zero-order valence-corrected chi connectivity index (χ0v) is 12.1. The van der Waals surface area contributed by atoms with Gasteiger partial charge < -0.3 is 5.32 Å².